The minimum atomic E-state index is 0.728. The van der Waals surface area contributed by atoms with E-state index in [-0.39, 0.29) is 0 Å². The summed E-state index contributed by atoms with van der Waals surface area (Å²) >= 11 is 0. The van der Waals surface area contributed by atoms with E-state index >= 15 is 0 Å². The first-order valence-corrected chi connectivity index (χ1v) is 4.18. The molecule has 0 spiro atoms. The summed E-state index contributed by atoms with van der Waals surface area (Å²) in [5.74, 6) is 0. The van der Waals surface area contributed by atoms with Crippen LogP contribution in [0.1, 0.15) is 13.3 Å². The number of likely N-dealkylation sites (N-methyl/N-ethyl adjacent to an activating group) is 1. The van der Waals surface area contributed by atoms with Crippen molar-refractivity contribution in [1.29, 1.82) is 0 Å². The second kappa shape index (κ2) is 3.26. The maximum Gasteiger partial charge on any atom is 0.0331 e. The van der Waals surface area contributed by atoms with Crippen molar-refractivity contribution < 1.29 is 0 Å². The quantitative estimate of drug-likeness (QED) is 0.589. The van der Waals surface area contributed by atoms with Crippen molar-refractivity contribution in [3.63, 3.8) is 0 Å². The Morgan fingerprint density at radius 1 is 1.55 bits per heavy atom. The third-order valence-electron chi connectivity index (χ3n) is 2.43. The Morgan fingerprint density at radius 2 is 2.18 bits per heavy atom. The summed E-state index contributed by atoms with van der Waals surface area (Å²) in [5, 5.41) is 0. The number of hydrogen-bond acceptors (Lipinski definition) is 2. The minimum Gasteiger partial charge on any atom is -0.374 e. The van der Waals surface area contributed by atoms with Gasteiger partial charge in [-0.25, -0.2) is 0 Å². The van der Waals surface area contributed by atoms with Crippen molar-refractivity contribution in [2.45, 2.75) is 19.4 Å². The molecule has 2 heteroatoms. The molecular formula is C9H18N2. The summed E-state index contributed by atoms with van der Waals surface area (Å²) in [5.41, 5.74) is 1.20. The van der Waals surface area contributed by atoms with Gasteiger partial charge in [-0.1, -0.05) is 6.58 Å². The first-order chi connectivity index (χ1) is 5.11. The summed E-state index contributed by atoms with van der Waals surface area (Å²) in [7, 11) is 4.29. The molecule has 1 aliphatic heterocycles. The molecule has 0 aromatic heterocycles. The van der Waals surface area contributed by atoms with Crippen molar-refractivity contribution in [2.24, 2.45) is 0 Å². The fraction of sp³-hybridized carbons (Fsp3) is 0.778. The smallest absolute Gasteiger partial charge is 0.0331 e. The van der Waals surface area contributed by atoms with Crippen LogP contribution in [-0.4, -0.2) is 43.0 Å². The van der Waals surface area contributed by atoms with Gasteiger partial charge in [0, 0.05) is 24.8 Å². The molecule has 0 amide bonds. The van der Waals surface area contributed by atoms with E-state index in [4.69, 9.17) is 0 Å². The highest BCUT2D eigenvalue weighted by atomic mass is 15.2. The number of likely N-dealkylation sites (tertiary alicyclic amines) is 1. The zero-order valence-electron chi connectivity index (χ0n) is 7.80. The van der Waals surface area contributed by atoms with Gasteiger partial charge in [0.2, 0.25) is 0 Å². The largest absolute Gasteiger partial charge is 0.374 e. The van der Waals surface area contributed by atoms with Crippen LogP contribution in [0.25, 0.3) is 0 Å². The van der Waals surface area contributed by atoms with Crippen LogP contribution >= 0.6 is 0 Å². The molecular weight excluding hydrogens is 136 g/mol. The van der Waals surface area contributed by atoms with Crippen molar-refractivity contribution in [3.8, 4) is 0 Å². The second-order valence-corrected chi connectivity index (χ2v) is 3.59. The monoisotopic (exact) mass is 154 g/mol. The molecule has 1 aliphatic rings. The fourth-order valence-electron chi connectivity index (χ4n) is 1.51. The van der Waals surface area contributed by atoms with E-state index in [0.29, 0.717) is 0 Å². The van der Waals surface area contributed by atoms with Gasteiger partial charge >= 0.3 is 0 Å². The molecule has 0 radical (unpaired) electrons. The second-order valence-electron chi connectivity index (χ2n) is 3.59. The van der Waals surface area contributed by atoms with Crippen molar-refractivity contribution in [1.82, 2.24) is 9.80 Å². The lowest BCUT2D eigenvalue weighted by Crippen LogP contribution is -2.30. The van der Waals surface area contributed by atoms with Gasteiger partial charge in [-0.15, -0.1) is 0 Å². The Kier molecular flexibility index (Phi) is 2.55. The standard InChI is InChI=1S/C9H18N2/c1-8(2)11-6-5-9(7-11)10(3)4/h9H,1,5-7H2,2-4H3. The highest BCUT2D eigenvalue weighted by Crippen LogP contribution is 2.16. The summed E-state index contributed by atoms with van der Waals surface area (Å²) in [6, 6.07) is 0.728. The first-order valence-electron chi connectivity index (χ1n) is 4.18. The number of hydrogen-bond donors (Lipinski definition) is 0. The van der Waals surface area contributed by atoms with Gasteiger partial charge in [0.25, 0.3) is 0 Å². The SMILES string of the molecule is C=C(C)N1CCC(N(C)C)C1. The molecule has 1 atom stereocenters. The predicted octanol–water partition coefficient (Wildman–Crippen LogP) is 1.16. The fourth-order valence-corrected chi connectivity index (χ4v) is 1.51. The molecule has 1 saturated heterocycles. The molecule has 1 rings (SSSR count). The van der Waals surface area contributed by atoms with E-state index in [9.17, 15) is 0 Å². The molecule has 2 nitrogen and oxygen atoms in total. The Balaban J connectivity index is 2.41. The molecule has 11 heavy (non-hydrogen) atoms. The van der Waals surface area contributed by atoms with Gasteiger partial charge in [-0.2, -0.15) is 0 Å². The average Bonchev–Trinajstić information content (AvgIpc) is 2.33. The van der Waals surface area contributed by atoms with Crippen molar-refractivity contribution in [2.75, 3.05) is 27.2 Å². The number of allylic oxidation sites excluding steroid dienone is 1. The Bertz CT molecular complexity index is 152. The van der Waals surface area contributed by atoms with Gasteiger partial charge in [-0.05, 0) is 27.4 Å². The normalized spacial score (nSPS) is 24.7. The molecule has 1 heterocycles. The lowest BCUT2D eigenvalue weighted by molar-refractivity contribution is 0.291. The van der Waals surface area contributed by atoms with Crippen molar-refractivity contribution in [3.05, 3.63) is 12.3 Å². The zero-order chi connectivity index (χ0) is 8.43. The third-order valence-corrected chi connectivity index (χ3v) is 2.43. The molecule has 1 unspecified atom stereocenters. The Hall–Kier alpha value is -0.500. The zero-order valence-corrected chi connectivity index (χ0v) is 7.80. The summed E-state index contributed by atoms with van der Waals surface area (Å²) < 4.78 is 0. The molecule has 0 N–H and O–H groups in total. The maximum absolute atomic E-state index is 3.94. The summed E-state index contributed by atoms with van der Waals surface area (Å²) in [6.07, 6.45) is 1.28. The van der Waals surface area contributed by atoms with E-state index in [1.54, 1.807) is 0 Å². The van der Waals surface area contributed by atoms with E-state index in [0.717, 1.165) is 12.6 Å². The lowest BCUT2D eigenvalue weighted by atomic mass is 10.2. The summed E-state index contributed by atoms with van der Waals surface area (Å²) in [6.45, 7) is 8.35. The first kappa shape index (κ1) is 8.60. The van der Waals surface area contributed by atoms with E-state index in [1.807, 2.05) is 0 Å². The number of nitrogens with zero attached hydrogens (tertiary/aromatic N) is 2. The van der Waals surface area contributed by atoms with Crippen molar-refractivity contribution >= 4 is 0 Å². The molecule has 0 saturated carbocycles. The maximum atomic E-state index is 3.94. The molecule has 0 aromatic rings. The van der Waals surface area contributed by atoms with Gasteiger partial charge in [0.15, 0.2) is 0 Å². The Morgan fingerprint density at radius 3 is 2.45 bits per heavy atom. The average molecular weight is 154 g/mol. The van der Waals surface area contributed by atoms with Gasteiger partial charge in [-0.3, -0.25) is 0 Å². The number of rotatable bonds is 2. The third kappa shape index (κ3) is 1.96. The van der Waals surface area contributed by atoms with Crippen LogP contribution in [0.15, 0.2) is 12.3 Å². The van der Waals surface area contributed by atoms with Crippen LogP contribution in [0.4, 0.5) is 0 Å². The van der Waals surface area contributed by atoms with Gasteiger partial charge in [0.1, 0.15) is 0 Å². The lowest BCUT2D eigenvalue weighted by Gasteiger charge is -2.21. The summed E-state index contributed by atoms with van der Waals surface area (Å²) in [4.78, 5) is 4.65. The van der Waals surface area contributed by atoms with Gasteiger partial charge < -0.3 is 9.80 Å². The molecule has 0 bridgehead atoms. The van der Waals surface area contributed by atoms with E-state index in [2.05, 4.69) is 37.4 Å². The molecule has 0 aromatic carbocycles. The van der Waals surface area contributed by atoms with Crippen LogP contribution in [-0.2, 0) is 0 Å². The van der Waals surface area contributed by atoms with Gasteiger partial charge in [0.05, 0.1) is 0 Å². The highest BCUT2D eigenvalue weighted by molar-refractivity contribution is 4.95. The van der Waals surface area contributed by atoms with E-state index < -0.39 is 0 Å². The van der Waals surface area contributed by atoms with Crippen LogP contribution in [0.2, 0.25) is 0 Å². The Labute approximate surface area is 69.5 Å². The van der Waals surface area contributed by atoms with Crippen LogP contribution in [0, 0.1) is 0 Å². The van der Waals surface area contributed by atoms with Crippen LogP contribution < -0.4 is 0 Å². The van der Waals surface area contributed by atoms with Crippen LogP contribution in [0.5, 0.6) is 0 Å². The predicted molar refractivity (Wildman–Crippen MR) is 48.5 cm³/mol. The molecule has 64 valence electrons. The topological polar surface area (TPSA) is 6.48 Å². The highest BCUT2D eigenvalue weighted by Gasteiger charge is 2.22. The molecule has 1 fully saturated rings. The van der Waals surface area contributed by atoms with E-state index in [1.165, 1.54) is 18.7 Å². The minimum absolute atomic E-state index is 0.728. The van der Waals surface area contributed by atoms with Crippen LogP contribution in [0.3, 0.4) is 0 Å². The molecule has 0 aliphatic carbocycles.